The topological polar surface area (TPSA) is 91.3 Å². The molecule has 154 valence electrons. The molecule has 3 heterocycles. The Bertz CT molecular complexity index is 1220. The molecule has 0 radical (unpaired) electrons. The van der Waals surface area contributed by atoms with Gasteiger partial charge >= 0.3 is 0 Å². The van der Waals surface area contributed by atoms with Crippen molar-refractivity contribution in [1.82, 2.24) is 19.4 Å². The van der Waals surface area contributed by atoms with Crippen LogP contribution in [0.15, 0.2) is 52.4 Å². The fourth-order valence-electron chi connectivity index (χ4n) is 3.98. The van der Waals surface area contributed by atoms with Crippen molar-refractivity contribution in [2.45, 2.75) is 19.4 Å². The Hall–Kier alpha value is -3.42. The number of benzene rings is 1. The Kier molecular flexibility index (Phi) is 4.61. The predicted molar refractivity (Wildman–Crippen MR) is 114 cm³/mol. The van der Waals surface area contributed by atoms with Crippen LogP contribution in [0, 0.1) is 5.92 Å². The maximum absolute atomic E-state index is 12.7. The van der Waals surface area contributed by atoms with Crippen LogP contribution in [0.1, 0.15) is 23.2 Å². The molecular weight excluding hydrogens is 382 g/mol. The normalized spacial score (nSPS) is 16.8. The van der Waals surface area contributed by atoms with E-state index in [1.54, 1.807) is 21.9 Å². The molecule has 1 aliphatic carbocycles. The maximum Gasteiger partial charge on any atom is 0.261 e. The quantitative estimate of drug-likeness (QED) is 0.710. The maximum atomic E-state index is 12.7. The number of hydrogen-bond donors (Lipinski definition) is 1. The number of piperazine rings is 1. The first kappa shape index (κ1) is 18.6. The van der Waals surface area contributed by atoms with Gasteiger partial charge in [0.1, 0.15) is 0 Å². The number of nitrogens with zero attached hydrogens (tertiary/aromatic N) is 4. The van der Waals surface area contributed by atoms with Crippen LogP contribution in [0.3, 0.4) is 0 Å². The van der Waals surface area contributed by atoms with Crippen molar-refractivity contribution in [3.05, 3.63) is 69.1 Å². The number of amides is 1. The first-order valence-corrected chi connectivity index (χ1v) is 10.3. The summed E-state index contributed by atoms with van der Waals surface area (Å²) in [6.07, 6.45) is 5.54. The highest BCUT2D eigenvalue weighted by Gasteiger charge is 2.24. The van der Waals surface area contributed by atoms with Gasteiger partial charge in [0.2, 0.25) is 5.56 Å². The summed E-state index contributed by atoms with van der Waals surface area (Å²) in [5.74, 6) is 0.492. The molecule has 0 bridgehead atoms. The van der Waals surface area contributed by atoms with Gasteiger partial charge in [-0.1, -0.05) is 0 Å². The summed E-state index contributed by atoms with van der Waals surface area (Å²) in [5.41, 5.74) is 1.85. The van der Waals surface area contributed by atoms with Gasteiger partial charge in [0.15, 0.2) is 0 Å². The van der Waals surface area contributed by atoms with E-state index < -0.39 is 0 Å². The van der Waals surface area contributed by atoms with E-state index in [4.69, 9.17) is 0 Å². The van der Waals surface area contributed by atoms with Gasteiger partial charge in [-0.3, -0.25) is 19.0 Å². The molecule has 1 aromatic carbocycles. The number of hydrogen-bond acceptors (Lipinski definition) is 5. The van der Waals surface area contributed by atoms with Gasteiger partial charge in [-0.15, -0.1) is 0 Å². The molecule has 2 aromatic heterocycles. The summed E-state index contributed by atoms with van der Waals surface area (Å²) in [7, 11) is 0. The van der Waals surface area contributed by atoms with Crippen LogP contribution in [-0.4, -0.2) is 51.5 Å². The number of pyridine rings is 1. The molecule has 2 fully saturated rings. The monoisotopic (exact) mass is 405 g/mol. The molecule has 30 heavy (non-hydrogen) atoms. The number of rotatable bonds is 4. The minimum absolute atomic E-state index is 0.0201. The molecule has 1 aliphatic heterocycles. The molecule has 1 amide bonds. The Morgan fingerprint density at radius 2 is 1.87 bits per heavy atom. The minimum Gasteiger partial charge on any atom is -0.368 e. The molecular formula is C22H23N5O3. The number of carbonyl (C=O) groups is 1. The SMILES string of the molecule is O=C(c1cc[nH]c(=O)c1)N1CCN(c2ccc3c(=O)n(CC4CC4)cnc3c2)CC1. The average molecular weight is 405 g/mol. The Morgan fingerprint density at radius 1 is 1.07 bits per heavy atom. The zero-order valence-corrected chi connectivity index (χ0v) is 16.6. The molecule has 0 atom stereocenters. The second kappa shape index (κ2) is 7.44. The van der Waals surface area contributed by atoms with Gasteiger partial charge in [-0.05, 0) is 43.0 Å². The number of fused-ring (bicyclic) bond motifs is 1. The summed E-state index contributed by atoms with van der Waals surface area (Å²) in [4.78, 5) is 47.8. The molecule has 0 unspecified atom stereocenters. The zero-order chi connectivity index (χ0) is 20.7. The van der Waals surface area contributed by atoms with Crippen LogP contribution in [-0.2, 0) is 6.54 Å². The van der Waals surface area contributed by atoms with Crippen LogP contribution in [0.4, 0.5) is 5.69 Å². The third kappa shape index (κ3) is 3.60. The van der Waals surface area contributed by atoms with Gasteiger partial charge in [0, 0.05) is 56.2 Å². The van der Waals surface area contributed by atoms with E-state index in [-0.39, 0.29) is 17.0 Å². The fourth-order valence-corrected chi connectivity index (χ4v) is 3.98. The van der Waals surface area contributed by atoms with Crippen LogP contribution in [0.2, 0.25) is 0 Å². The molecule has 1 saturated heterocycles. The van der Waals surface area contributed by atoms with Crippen LogP contribution in [0.25, 0.3) is 10.9 Å². The zero-order valence-electron chi connectivity index (χ0n) is 16.6. The predicted octanol–water partition coefficient (Wildman–Crippen LogP) is 1.46. The van der Waals surface area contributed by atoms with Crippen LogP contribution < -0.4 is 16.0 Å². The molecule has 8 heteroatoms. The van der Waals surface area contributed by atoms with E-state index >= 15 is 0 Å². The van der Waals surface area contributed by atoms with E-state index in [0.29, 0.717) is 48.6 Å². The molecule has 1 N–H and O–H groups in total. The second-order valence-electron chi connectivity index (χ2n) is 8.07. The number of anilines is 1. The largest absolute Gasteiger partial charge is 0.368 e. The third-order valence-corrected chi connectivity index (χ3v) is 5.91. The first-order valence-electron chi connectivity index (χ1n) is 10.3. The lowest BCUT2D eigenvalue weighted by atomic mass is 10.1. The van der Waals surface area contributed by atoms with Gasteiger partial charge < -0.3 is 14.8 Å². The highest BCUT2D eigenvalue weighted by atomic mass is 16.2. The van der Waals surface area contributed by atoms with Gasteiger partial charge in [0.05, 0.1) is 17.2 Å². The van der Waals surface area contributed by atoms with Gasteiger partial charge in [-0.2, -0.15) is 0 Å². The van der Waals surface area contributed by atoms with E-state index in [1.807, 2.05) is 18.2 Å². The van der Waals surface area contributed by atoms with E-state index in [0.717, 1.165) is 12.2 Å². The molecule has 1 saturated carbocycles. The lowest BCUT2D eigenvalue weighted by molar-refractivity contribution is 0.0746. The molecule has 0 spiro atoms. The van der Waals surface area contributed by atoms with Gasteiger partial charge in [-0.25, -0.2) is 4.98 Å². The number of nitrogens with one attached hydrogen (secondary N) is 1. The first-order chi connectivity index (χ1) is 14.6. The van der Waals surface area contributed by atoms with Crippen molar-refractivity contribution in [1.29, 1.82) is 0 Å². The second-order valence-corrected chi connectivity index (χ2v) is 8.07. The molecule has 5 rings (SSSR count). The summed E-state index contributed by atoms with van der Waals surface area (Å²) >= 11 is 0. The lowest BCUT2D eigenvalue weighted by Crippen LogP contribution is -2.49. The van der Waals surface area contributed by atoms with Gasteiger partial charge in [0.25, 0.3) is 11.5 Å². The molecule has 8 nitrogen and oxygen atoms in total. The molecule has 3 aromatic rings. The summed E-state index contributed by atoms with van der Waals surface area (Å²) < 4.78 is 1.72. The van der Waals surface area contributed by atoms with Crippen LogP contribution in [0.5, 0.6) is 0 Å². The summed E-state index contributed by atoms with van der Waals surface area (Å²) in [5, 5.41) is 0.644. The van der Waals surface area contributed by atoms with E-state index in [9.17, 15) is 14.4 Å². The fraction of sp³-hybridized carbons (Fsp3) is 0.364. The Balaban J connectivity index is 1.30. The van der Waals surface area contributed by atoms with Crippen molar-refractivity contribution in [2.75, 3.05) is 31.1 Å². The lowest BCUT2D eigenvalue weighted by Gasteiger charge is -2.36. The number of H-pyrrole nitrogens is 1. The highest BCUT2D eigenvalue weighted by molar-refractivity contribution is 5.94. The number of carbonyl (C=O) groups excluding carboxylic acids is 1. The van der Waals surface area contributed by atoms with E-state index in [1.165, 1.54) is 25.1 Å². The highest BCUT2D eigenvalue weighted by Crippen LogP contribution is 2.30. The number of aromatic amines is 1. The standard InChI is InChI=1S/C22H23N5O3/c28-20-11-16(5-6-23-20)21(29)26-9-7-25(8-10-26)17-3-4-18-19(12-17)24-14-27(22(18)30)13-15-1-2-15/h3-6,11-12,14-15H,1-2,7-10,13H2,(H,23,28). The van der Waals surface area contributed by atoms with Crippen molar-refractivity contribution in [3.8, 4) is 0 Å². The van der Waals surface area contributed by atoms with Crippen molar-refractivity contribution < 1.29 is 4.79 Å². The van der Waals surface area contributed by atoms with E-state index in [2.05, 4.69) is 14.9 Å². The van der Waals surface area contributed by atoms with Crippen LogP contribution >= 0.6 is 0 Å². The average Bonchev–Trinajstić information content (AvgIpc) is 3.59. The summed E-state index contributed by atoms with van der Waals surface area (Å²) in [6, 6.07) is 8.73. The smallest absolute Gasteiger partial charge is 0.261 e. The van der Waals surface area contributed by atoms with Crippen molar-refractivity contribution in [2.24, 2.45) is 5.92 Å². The third-order valence-electron chi connectivity index (χ3n) is 5.91. The van der Waals surface area contributed by atoms with Crippen molar-refractivity contribution >= 4 is 22.5 Å². The Labute approximate surface area is 172 Å². The summed E-state index contributed by atoms with van der Waals surface area (Å²) in [6.45, 7) is 3.26. The Morgan fingerprint density at radius 3 is 2.60 bits per heavy atom. The van der Waals surface area contributed by atoms with Crippen molar-refractivity contribution in [3.63, 3.8) is 0 Å². The number of aromatic nitrogens is 3. The minimum atomic E-state index is -0.278. The molecule has 2 aliphatic rings.